The highest BCUT2D eigenvalue weighted by Gasteiger charge is 2.21. The van der Waals surface area contributed by atoms with Gasteiger partial charge in [-0.25, -0.2) is 9.36 Å². The van der Waals surface area contributed by atoms with Crippen LogP contribution in [0.15, 0.2) is 25.6 Å². The molecule has 0 atom stereocenters. The van der Waals surface area contributed by atoms with Crippen LogP contribution in [-0.4, -0.2) is 47.3 Å². The van der Waals surface area contributed by atoms with Crippen molar-refractivity contribution < 1.29 is 13.0 Å². The lowest BCUT2D eigenvalue weighted by Crippen LogP contribution is -2.18. The maximum atomic E-state index is 11.3. The monoisotopic (exact) mass is 588 g/mol. The van der Waals surface area contributed by atoms with Gasteiger partial charge in [0, 0.05) is 51.0 Å². The molecule has 0 saturated heterocycles. The molecule has 226 valence electrons. The molecule has 0 unspecified atom stereocenters. The Morgan fingerprint density at radius 3 is 1.57 bits per heavy atom. The van der Waals surface area contributed by atoms with Crippen molar-refractivity contribution in [1.82, 2.24) is 28.1 Å². The summed E-state index contributed by atoms with van der Waals surface area (Å²) >= 11 is 0. The van der Waals surface area contributed by atoms with Crippen molar-refractivity contribution in [3.63, 3.8) is 0 Å². The van der Waals surface area contributed by atoms with Crippen LogP contribution in [0, 0.1) is 11.8 Å². The Morgan fingerprint density at radius 1 is 0.750 bits per heavy atom. The Balaban J connectivity index is 0.000000272. The van der Waals surface area contributed by atoms with E-state index in [-0.39, 0.29) is 48.7 Å². The van der Waals surface area contributed by atoms with Gasteiger partial charge < -0.3 is 17.2 Å². The fourth-order valence-electron chi connectivity index (χ4n) is 4.51. The van der Waals surface area contributed by atoms with E-state index in [2.05, 4.69) is 5.18 Å². The van der Waals surface area contributed by atoms with Gasteiger partial charge in [-0.05, 0) is 31.4 Å². The van der Waals surface area contributed by atoms with E-state index >= 15 is 0 Å². The number of aryl methyl sites for hydroxylation is 1. The quantitative estimate of drug-likeness (QED) is 0.225. The number of rotatable bonds is 1. The summed E-state index contributed by atoms with van der Waals surface area (Å²) in [6.07, 6.45) is 3.68. The zero-order valence-corrected chi connectivity index (χ0v) is 21.9. The number of hydrogen-bond donors (Lipinski definition) is 4. The van der Waals surface area contributed by atoms with Gasteiger partial charge in [-0.3, -0.25) is 37.7 Å². The molecule has 0 amide bonds. The van der Waals surface area contributed by atoms with Crippen LogP contribution in [-0.2, 0) is 49.4 Å². The summed E-state index contributed by atoms with van der Waals surface area (Å²) in [6.45, 7) is 6.73. The molecule has 0 radical (unpaired) electrons. The van der Waals surface area contributed by atoms with E-state index in [1.54, 1.807) is 24.8 Å². The van der Waals surface area contributed by atoms with E-state index in [0.717, 1.165) is 51.1 Å². The Hall–Kier alpha value is -4.06. The minimum atomic E-state index is -3.67. The first-order chi connectivity index (χ1) is 17.8. The lowest BCUT2D eigenvalue weighted by atomic mass is 10.4. The van der Waals surface area contributed by atoms with Gasteiger partial charge in [0.25, 0.3) is 26.8 Å². The molecule has 7 N–H and O–H groups in total. The van der Waals surface area contributed by atoms with Crippen molar-refractivity contribution in [3.8, 4) is 0 Å². The van der Waals surface area contributed by atoms with Gasteiger partial charge in [-0.15, -0.1) is 4.91 Å². The van der Waals surface area contributed by atoms with Gasteiger partial charge in [0.1, 0.15) is 11.5 Å². The molecular weight excluding hydrogens is 548 g/mol. The average molecular weight is 589 g/mol. The molecule has 0 aliphatic carbocycles. The second-order valence-corrected chi connectivity index (χ2v) is 10.4. The van der Waals surface area contributed by atoms with E-state index in [1.165, 1.54) is 4.68 Å². The van der Waals surface area contributed by atoms with Gasteiger partial charge in [-0.1, -0.05) is 14.9 Å². The van der Waals surface area contributed by atoms with E-state index < -0.39 is 10.1 Å². The van der Waals surface area contributed by atoms with E-state index in [9.17, 15) is 27.7 Å². The first-order valence-electron chi connectivity index (χ1n) is 11.7. The number of nitroso groups, excluding NO2 is 1. The molecule has 40 heavy (non-hydrogen) atoms. The third-order valence-corrected chi connectivity index (χ3v) is 6.16. The zero-order chi connectivity index (χ0) is 28.4. The number of nitrogen functional groups attached to an aromatic ring is 3. The van der Waals surface area contributed by atoms with E-state index in [1.807, 2.05) is 11.6 Å². The van der Waals surface area contributed by atoms with Gasteiger partial charge >= 0.3 is 0 Å². The van der Waals surface area contributed by atoms with Gasteiger partial charge in [0.2, 0.25) is 5.69 Å². The standard InChI is InChI=1S/C7H10N2O.C6H8N4O2.C6H10N4O.CH4O3S.2CH4/c1-6-5-7(10)9-4-2-3-8(6)9;7-5-4(8-12)6(11)10-3-1-2-9(5)10;7-4-5(8)9-2-1-3-10(9)6(4)11;1-5(2,3)4;;/h5H,2-4H2,1H3;1-3,7H2;1-3,7-8H2;1H3,(H,2,3,4);2*1H4. The molecule has 3 aromatic rings. The highest BCUT2D eigenvalue weighted by atomic mass is 32.2. The maximum absolute atomic E-state index is 11.3. The first-order valence-corrected chi connectivity index (χ1v) is 13.6. The number of aromatic nitrogens is 6. The predicted molar refractivity (Wildman–Crippen MR) is 154 cm³/mol. The molecule has 17 nitrogen and oxygen atoms in total. The lowest BCUT2D eigenvalue weighted by molar-refractivity contribution is 0.490. The van der Waals surface area contributed by atoms with Crippen LogP contribution in [0.25, 0.3) is 0 Å². The highest BCUT2D eigenvalue weighted by molar-refractivity contribution is 7.85. The summed E-state index contributed by atoms with van der Waals surface area (Å²) in [7, 11) is -3.67. The number of nitrogens with two attached hydrogens (primary N) is 3. The Bertz CT molecular complexity index is 1610. The minimum absolute atomic E-state index is 0. The van der Waals surface area contributed by atoms with E-state index in [4.69, 9.17) is 21.8 Å². The van der Waals surface area contributed by atoms with Crippen molar-refractivity contribution in [3.05, 3.63) is 47.7 Å². The summed E-state index contributed by atoms with van der Waals surface area (Å²) < 4.78 is 36.1. The highest BCUT2D eigenvalue weighted by Crippen LogP contribution is 2.21. The van der Waals surface area contributed by atoms with Crippen LogP contribution in [0.3, 0.4) is 0 Å². The fourth-order valence-corrected chi connectivity index (χ4v) is 4.51. The number of nitrogens with zero attached hydrogens (tertiary/aromatic N) is 7. The summed E-state index contributed by atoms with van der Waals surface area (Å²) in [5.74, 6) is 0.597. The zero-order valence-electron chi connectivity index (χ0n) is 21.1. The number of hydrogen-bond acceptors (Lipinski definition) is 10. The number of anilines is 3. The van der Waals surface area contributed by atoms with Gasteiger partial charge in [0.05, 0.1) is 6.26 Å². The Labute approximate surface area is 231 Å². The summed E-state index contributed by atoms with van der Waals surface area (Å²) in [5.41, 5.74) is 17.3. The second kappa shape index (κ2) is 13.3. The predicted octanol–water partition coefficient (Wildman–Crippen LogP) is 0.390. The van der Waals surface area contributed by atoms with E-state index in [0.29, 0.717) is 25.2 Å². The van der Waals surface area contributed by atoms with Crippen LogP contribution in [0.2, 0.25) is 0 Å². The summed E-state index contributed by atoms with van der Waals surface area (Å²) in [5, 5.41) is 2.60. The van der Waals surface area contributed by atoms with Crippen LogP contribution in [0.1, 0.15) is 39.8 Å². The van der Waals surface area contributed by atoms with Crippen LogP contribution in [0.5, 0.6) is 0 Å². The van der Waals surface area contributed by atoms with Crippen molar-refractivity contribution in [1.29, 1.82) is 0 Å². The van der Waals surface area contributed by atoms with Crippen LogP contribution in [0.4, 0.5) is 23.0 Å². The molecule has 3 aliphatic heterocycles. The van der Waals surface area contributed by atoms with Crippen molar-refractivity contribution in [2.24, 2.45) is 5.18 Å². The molecule has 0 saturated carbocycles. The molecule has 0 spiro atoms. The topological polar surface area (TPSA) is 243 Å². The van der Waals surface area contributed by atoms with Crippen molar-refractivity contribution in [2.75, 3.05) is 23.5 Å². The molecule has 3 aliphatic rings. The summed E-state index contributed by atoms with van der Waals surface area (Å²) in [4.78, 5) is 43.8. The molecule has 6 heterocycles. The van der Waals surface area contributed by atoms with Gasteiger partial charge in [-0.2, -0.15) is 8.42 Å². The largest absolute Gasteiger partial charge is 0.391 e. The van der Waals surface area contributed by atoms with Crippen molar-refractivity contribution >= 4 is 33.1 Å². The summed E-state index contributed by atoms with van der Waals surface area (Å²) in [6, 6.07) is 1.69. The third kappa shape index (κ3) is 7.12. The molecule has 6 rings (SSSR count). The second-order valence-electron chi connectivity index (χ2n) is 8.89. The minimum Gasteiger partial charge on any atom is -0.391 e. The maximum Gasteiger partial charge on any atom is 0.298 e. The molecule has 0 fully saturated rings. The lowest BCUT2D eigenvalue weighted by Gasteiger charge is -1.98. The molecule has 18 heteroatoms. The third-order valence-electron chi connectivity index (χ3n) is 6.16. The molecule has 0 aromatic carbocycles. The Morgan fingerprint density at radius 2 is 1.15 bits per heavy atom. The first kappa shape index (κ1) is 34.0. The normalized spacial score (nSPS) is 14.0. The molecular formula is C22H40N10O7S. The average Bonchev–Trinajstić information content (AvgIpc) is 3.66. The van der Waals surface area contributed by atoms with Crippen molar-refractivity contribution in [2.45, 2.75) is 80.3 Å². The number of fused-ring (bicyclic) bond motifs is 3. The Kier molecular flexibility index (Phi) is 11.3. The van der Waals surface area contributed by atoms with Crippen LogP contribution >= 0.6 is 0 Å². The smallest absolute Gasteiger partial charge is 0.298 e. The molecule has 3 aromatic heterocycles. The SMILES string of the molecule is C.C.CS(=O)(=O)O.Cc1cc(=O)n2n1CCC2.Nc1c(N)n2n(c1=O)CCC2.Nc1c(N=O)c(=O)n2n1CCC2. The molecule has 0 bridgehead atoms. The fraction of sp³-hybridized carbons (Fsp3) is 0.591. The van der Waals surface area contributed by atoms with Gasteiger partial charge in [0.15, 0.2) is 5.82 Å². The van der Waals surface area contributed by atoms with Crippen LogP contribution < -0.4 is 33.9 Å².